The summed E-state index contributed by atoms with van der Waals surface area (Å²) < 4.78 is 16.3. The molecule has 2 aromatic rings. The van der Waals surface area contributed by atoms with Crippen LogP contribution < -0.4 is 15.9 Å². The van der Waals surface area contributed by atoms with Crippen LogP contribution in [0.15, 0.2) is 57.1 Å². The van der Waals surface area contributed by atoms with E-state index in [9.17, 15) is 14.7 Å². The van der Waals surface area contributed by atoms with E-state index in [1.807, 2.05) is 6.07 Å². The Morgan fingerprint density at radius 1 is 1.31 bits per heavy atom. The van der Waals surface area contributed by atoms with Crippen molar-refractivity contribution in [2.45, 2.75) is 32.5 Å². The number of esters is 1. The predicted molar refractivity (Wildman–Crippen MR) is 92.3 cm³/mol. The van der Waals surface area contributed by atoms with Gasteiger partial charge in [0.15, 0.2) is 5.76 Å². The van der Waals surface area contributed by atoms with Crippen molar-refractivity contribution in [2.75, 3.05) is 0 Å². The molecule has 0 fully saturated rings. The summed E-state index contributed by atoms with van der Waals surface area (Å²) in [6.07, 6.45) is -0.364. The quantitative estimate of drug-likeness (QED) is 0.802. The highest BCUT2D eigenvalue weighted by molar-refractivity contribution is 5.92. The summed E-state index contributed by atoms with van der Waals surface area (Å²) >= 11 is 0. The number of carbonyl (C=O) groups is 1. The molecule has 0 unspecified atom stereocenters. The monoisotopic (exact) mass is 357 g/mol. The van der Waals surface area contributed by atoms with Gasteiger partial charge in [0.05, 0.1) is 12.0 Å². The maximum Gasteiger partial charge on any atom is 0.340 e. The molecule has 1 atom stereocenters. The Kier molecular flexibility index (Phi) is 4.81. The zero-order valence-corrected chi connectivity index (χ0v) is 14.4. The number of hydrogen-bond donors (Lipinski definition) is 2. The molecule has 26 heavy (non-hydrogen) atoms. The van der Waals surface area contributed by atoms with E-state index in [2.05, 4.69) is 0 Å². The van der Waals surface area contributed by atoms with Crippen molar-refractivity contribution in [2.24, 2.45) is 5.73 Å². The fraction of sp³-hybridized carbons (Fsp3) is 0.263. The SMILES string of the molecule is CC(C)OC(=O)C1=C(N)Oc2c(oc(CO)cc2=O)[C@H]1c1ccccc1. The lowest BCUT2D eigenvalue weighted by Crippen LogP contribution is -2.31. The summed E-state index contributed by atoms with van der Waals surface area (Å²) in [4.78, 5) is 25.0. The molecule has 1 aliphatic rings. The molecular formula is C19H19NO6. The molecule has 1 aromatic carbocycles. The van der Waals surface area contributed by atoms with Gasteiger partial charge in [0.25, 0.3) is 0 Å². The van der Waals surface area contributed by atoms with Crippen molar-refractivity contribution in [3.8, 4) is 5.75 Å². The van der Waals surface area contributed by atoms with Crippen LogP contribution in [0.2, 0.25) is 0 Å². The van der Waals surface area contributed by atoms with Crippen LogP contribution in [-0.2, 0) is 16.1 Å². The zero-order chi connectivity index (χ0) is 18.8. The van der Waals surface area contributed by atoms with Gasteiger partial charge in [0.2, 0.25) is 17.1 Å². The molecule has 0 aliphatic carbocycles. The summed E-state index contributed by atoms with van der Waals surface area (Å²) in [5.74, 6) is -1.58. The standard InChI is InChI=1S/C19H19NO6/c1-10(2)24-19(23)15-14(11-6-4-3-5-7-11)17-16(26-18(15)20)13(22)8-12(9-21)25-17/h3-8,10,14,21H,9,20H2,1-2H3/t14-/m0/s1. The van der Waals surface area contributed by atoms with Crippen LogP contribution in [0.1, 0.15) is 36.8 Å². The van der Waals surface area contributed by atoms with Crippen molar-refractivity contribution in [3.63, 3.8) is 0 Å². The van der Waals surface area contributed by atoms with Crippen LogP contribution in [0.4, 0.5) is 0 Å². The second-order valence-corrected chi connectivity index (χ2v) is 6.11. The maximum atomic E-state index is 12.6. The lowest BCUT2D eigenvalue weighted by Gasteiger charge is -2.27. The molecular weight excluding hydrogens is 338 g/mol. The molecule has 3 N–H and O–H groups in total. The topological polar surface area (TPSA) is 112 Å². The van der Waals surface area contributed by atoms with Gasteiger partial charge >= 0.3 is 5.97 Å². The third-order valence-electron chi connectivity index (χ3n) is 3.86. The summed E-state index contributed by atoms with van der Waals surface area (Å²) in [7, 11) is 0. The molecule has 0 bridgehead atoms. The number of benzene rings is 1. The van der Waals surface area contributed by atoms with Crippen LogP contribution in [-0.4, -0.2) is 17.2 Å². The largest absolute Gasteiger partial charge is 0.459 e. The Morgan fingerprint density at radius 3 is 2.62 bits per heavy atom. The highest BCUT2D eigenvalue weighted by atomic mass is 16.5. The van der Waals surface area contributed by atoms with Gasteiger partial charge in [-0.15, -0.1) is 0 Å². The smallest absolute Gasteiger partial charge is 0.340 e. The van der Waals surface area contributed by atoms with E-state index < -0.39 is 23.9 Å². The minimum atomic E-state index is -0.787. The Morgan fingerprint density at radius 2 is 2.00 bits per heavy atom. The number of hydrogen-bond acceptors (Lipinski definition) is 7. The second kappa shape index (κ2) is 7.05. The highest BCUT2D eigenvalue weighted by Crippen LogP contribution is 2.41. The van der Waals surface area contributed by atoms with Crippen LogP contribution in [0.3, 0.4) is 0 Å². The normalized spacial score (nSPS) is 16.2. The first kappa shape index (κ1) is 17.8. The van der Waals surface area contributed by atoms with Gasteiger partial charge in [-0.1, -0.05) is 30.3 Å². The lowest BCUT2D eigenvalue weighted by molar-refractivity contribution is -0.143. The Labute approximate surface area is 149 Å². The van der Waals surface area contributed by atoms with E-state index in [1.165, 1.54) is 0 Å². The highest BCUT2D eigenvalue weighted by Gasteiger charge is 2.39. The first-order valence-corrected chi connectivity index (χ1v) is 8.13. The summed E-state index contributed by atoms with van der Waals surface area (Å²) in [5, 5.41) is 9.36. The fourth-order valence-corrected chi connectivity index (χ4v) is 2.82. The maximum absolute atomic E-state index is 12.6. The minimum absolute atomic E-state index is 0.0515. The van der Waals surface area contributed by atoms with E-state index in [0.717, 1.165) is 6.07 Å². The molecule has 0 amide bonds. The van der Waals surface area contributed by atoms with Gasteiger partial charge in [0, 0.05) is 6.07 Å². The van der Waals surface area contributed by atoms with Gasteiger partial charge in [0.1, 0.15) is 17.9 Å². The molecule has 0 spiro atoms. The molecule has 1 aliphatic heterocycles. The number of nitrogens with two attached hydrogens (primary N) is 1. The van der Waals surface area contributed by atoms with Crippen LogP contribution in [0.5, 0.6) is 5.75 Å². The number of carbonyl (C=O) groups excluding carboxylic acids is 1. The summed E-state index contributed by atoms with van der Waals surface area (Å²) in [5.41, 5.74) is 6.20. The van der Waals surface area contributed by atoms with E-state index in [1.54, 1.807) is 38.1 Å². The molecule has 136 valence electrons. The number of aliphatic hydroxyl groups is 1. The van der Waals surface area contributed by atoms with Crippen LogP contribution in [0, 0.1) is 0 Å². The molecule has 3 rings (SSSR count). The third kappa shape index (κ3) is 3.21. The number of aliphatic hydroxyl groups excluding tert-OH is 1. The second-order valence-electron chi connectivity index (χ2n) is 6.11. The van der Waals surface area contributed by atoms with Crippen molar-refractivity contribution >= 4 is 5.97 Å². The molecule has 7 heteroatoms. The van der Waals surface area contributed by atoms with E-state index in [0.29, 0.717) is 5.56 Å². The molecule has 1 aromatic heterocycles. The summed E-state index contributed by atoms with van der Waals surface area (Å²) in [6.45, 7) is 2.97. The van der Waals surface area contributed by atoms with Gasteiger partial charge in [-0.25, -0.2) is 4.79 Å². The summed E-state index contributed by atoms with van der Waals surface area (Å²) in [6, 6.07) is 10.1. The molecule has 2 heterocycles. The van der Waals surface area contributed by atoms with Crippen molar-refractivity contribution in [1.82, 2.24) is 0 Å². The van der Waals surface area contributed by atoms with Crippen molar-refractivity contribution < 1.29 is 23.8 Å². The number of fused-ring (bicyclic) bond motifs is 1. The van der Waals surface area contributed by atoms with Gasteiger partial charge in [-0.05, 0) is 19.4 Å². The van der Waals surface area contributed by atoms with Crippen molar-refractivity contribution in [3.05, 3.63) is 75.2 Å². The minimum Gasteiger partial charge on any atom is -0.459 e. The van der Waals surface area contributed by atoms with E-state index >= 15 is 0 Å². The molecule has 0 saturated heterocycles. The first-order valence-electron chi connectivity index (χ1n) is 8.13. The predicted octanol–water partition coefficient (Wildman–Crippen LogP) is 1.78. The average molecular weight is 357 g/mol. The first-order chi connectivity index (χ1) is 12.4. The number of rotatable bonds is 4. The Balaban J connectivity index is 2.24. The Hall–Kier alpha value is -3.06. The lowest BCUT2D eigenvalue weighted by atomic mass is 9.86. The van der Waals surface area contributed by atoms with E-state index in [4.69, 9.17) is 19.6 Å². The van der Waals surface area contributed by atoms with Crippen molar-refractivity contribution in [1.29, 1.82) is 0 Å². The molecule has 0 radical (unpaired) electrons. The number of ether oxygens (including phenoxy) is 2. The van der Waals surface area contributed by atoms with Crippen LogP contribution >= 0.6 is 0 Å². The van der Waals surface area contributed by atoms with Gasteiger partial charge in [-0.2, -0.15) is 0 Å². The zero-order valence-electron chi connectivity index (χ0n) is 14.4. The Bertz CT molecular complexity index is 913. The average Bonchev–Trinajstić information content (AvgIpc) is 2.61. The third-order valence-corrected chi connectivity index (χ3v) is 3.86. The van der Waals surface area contributed by atoms with E-state index in [-0.39, 0.29) is 34.8 Å². The van der Waals surface area contributed by atoms with Crippen LogP contribution in [0.25, 0.3) is 0 Å². The molecule has 7 nitrogen and oxygen atoms in total. The fourth-order valence-electron chi connectivity index (χ4n) is 2.82. The van der Waals surface area contributed by atoms with Gasteiger partial charge in [-0.3, -0.25) is 4.79 Å². The molecule has 0 saturated carbocycles. The van der Waals surface area contributed by atoms with Gasteiger partial charge < -0.3 is 24.7 Å².